The first kappa shape index (κ1) is 24.4. The van der Waals surface area contributed by atoms with Gasteiger partial charge < -0.3 is 9.72 Å². The van der Waals surface area contributed by atoms with Crippen molar-refractivity contribution in [3.05, 3.63) is 46.0 Å². The monoisotopic (exact) mass is 466 g/mol. The summed E-state index contributed by atoms with van der Waals surface area (Å²) in [6.45, 7) is 11.4. The molecule has 8 nitrogen and oxygen atoms in total. The molecule has 34 heavy (non-hydrogen) atoms. The summed E-state index contributed by atoms with van der Waals surface area (Å²) in [6.07, 6.45) is 5.95. The molecular formula is C26H38N6O2. The molecule has 0 aliphatic heterocycles. The van der Waals surface area contributed by atoms with E-state index < -0.39 is 0 Å². The normalized spacial score (nSPS) is 16.5. The van der Waals surface area contributed by atoms with Gasteiger partial charge in [-0.15, -0.1) is 5.10 Å². The highest BCUT2D eigenvalue weighted by atomic mass is 16.5. The first-order chi connectivity index (χ1) is 16.2. The Balaban J connectivity index is 1.78. The minimum Gasteiger partial charge on any atom is -0.497 e. The maximum Gasteiger partial charge on any atom is 0.252 e. The lowest BCUT2D eigenvalue weighted by Crippen LogP contribution is -2.44. The molecular weight excluding hydrogens is 428 g/mol. The summed E-state index contributed by atoms with van der Waals surface area (Å²) in [5.74, 6) is 1.88. The summed E-state index contributed by atoms with van der Waals surface area (Å²) in [4.78, 5) is 18.8. The van der Waals surface area contributed by atoms with Crippen LogP contribution in [0.3, 0.4) is 0 Å². The van der Waals surface area contributed by atoms with E-state index in [1.165, 1.54) is 19.3 Å². The highest BCUT2D eigenvalue weighted by molar-refractivity contribution is 5.80. The molecule has 8 heteroatoms. The van der Waals surface area contributed by atoms with Gasteiger partial charge in [0.25, 0.3) is 5.56 Å². The molecule has 1 aliphatic carbocycles. The molecule has 1 aromatic carbocycles. The standard InChI is InChI=1S/C26H38N6O2/c1-17(2)23(24-28-29-30-32(24)26(3,4)5)31(20-10-8-7-9-11-20)16-19-14-18-12-13-21(34-6)15-22(18)27-25(19)33/h12-15,17,20,23H,7-11,16H2,1-6H3,(H,27,33). The molecule has 1 atom stereocenters. The molecule has 2 heterocycles. The van der Waals surface area contributed by atoms with Crippen molar-refractivity contribution in [2.75, 3.05) is 7.11 Å². The number of hydrogen-bond donors (Lipinski definition) is 1. The topological polar surface area (TPSA) is 88.9 Å². The number of nitrogens with one attached hydrogen (secondary N) is 1. The Kier molecular flexibility index (Phi) is 7.07. The molecule has 3 aromatic rings. The average molecular weight is 467 g/mol. The van der Waals surface area contributed by atoms with Crippen molar-refractivity contribution < 1.29 is 4.74 Å². The second kappa shape index (κ2) is 9.86. The molecule has 0 amide bonds. The lowest BCUT2D eigenvalue weighted by atomic mass is 9.90. The first-order valence-corrected chi connectivity index (χ1v) is 12.4. The molecule has 184 valence electrons. The van der Waals surface area contributed by atoms with Gasteiger partial charge in [0.1, 0.15) is 5.75 Å². The second-order valence-electron chi connectivity index (χ2n) is 10.8. The molecule has 0 bridgehead atoms. The van der Waals surface area contributed by atoms with E-state index in [-0.39, 0.29) is 23.1 Å². The van der Waals surface area contributed by atoms with Gasteiger partial charge in [-0.1, -0.05) is 33.1 Å². The van der Waals surface area contributed by atoms with Crippen molar-refractivity contribution in [2.24, 2.45) is 5.92 Å². The van der Waals surface area contributed by atoms with E-state index in [1.807, 2.05) is 28.9 Å². The average Bonchev–Trinajstić information content (AvgIpc) is 3.29. The van der Waals surface area contributed by atoms with E-state index in [2.05, 4.69) is 60.0 Å². The van der Waals surface area contributed by atoms with E-state index in [9.17, 15) is 4.79 Å². The lowest BCUT2D eigenvalue weighted by Gasteiger charge is -2.41. The number of tetrazole rings is 1. The molecule has 0 spiro atoms. The molecule has 1 saturated carbocycles. The Morgan fingerprint density at radius 3 is 2.56 bits per heavy atom. The van der Waals surface area contributed by atoms with Crippen molar-refractivity contribution in [3.63, 3.8) is 0 Å². The quantitative estimate of drug-likeness (QED) is 0.537. The molecule has 2 aromatic heterocycles. The van der Waals surface area contributed by atoms with Crippen LogP contribution in [0.5, 0.6) is 5.75 Å². The van der Waals surface area contributed by atoms with Gasteiger partial charge >= 0.3 is 0 Å². The molecule has 1 unspecified atom stereocenters. The van der Waals surface area contributed by atoms with Crippen LogP contribution >= 0.6 is 0 Å². The summed E-state index contributed by atoms with van der Waals surface area (Å²) in [5.41, 5.74) is 1.27. The highest BCUT2D eigenvalue weighted by Gasteiger charge is 2.36. The van der Waals surface area contributed by atoms with Crippen LogP contribution in [0.25, 0.3) is 10.9 Å². The number of rotatable bonds is 7. The van der Waals surface area contributed by atoms with Crippen LogP contribution in [0.2, 0.25) is 0 Å². The van der Waals surface area contributed by atoms with Crippen LogP contribution in [0.1, 0.15) is 84.2 Å². The fourth-order valence-electron chi connectivity index (χ4n) is 5.22. The Labute approximate surface area is 201 Å². The molecule has 1 fully saturated rings. The van der Waals surface area contributed by atoms with Crippen molar-refractivity contribution in [3.8, 4) is 5.75 Å². The van der Waals surface area contributed by atoms with Gasteiger partial charge in [-0.25, -0.2) is 4.68 Å². The van der Waals surface area contributed by atoms with Gasteiger partial charge in [0.05, 0.1) is 24.2 Å². The Morgan fingerprint density at radius 2 is 1.91 bits per heavy atom. The van der Waals surface area contributed by atoms with E-state index in [0.29, 0.717) is 12.6 Å². The second-order valence-corrected chi connectivity index (χ2v) is 10.8. The molecule has 4 rings (SSSR count). The maximum atomic E-state index is 13.2. The zero-order chi connectivity index (χ0) is 24.5. The van der Waals surface area contributed by atoms with Crippen molar-refractivity contribution in [1.82, 2.24) is 30.1 Å². The van der Waals surface area contributed by atoms with Crippen LogP contribution in [0.15, 0.2) is 29.1 Å². The first-order valence-electron chi connectivity index (χ1n) is 12.4. The zero-order valence-corrected chi connectivity index (χ0v) is 21.3. The van der Waals surface area contributed by atoms with Gasteiger partial charge in [-0.3, -0.25) is 9.69 Å². The predicted molar refractivity (Wildman–Crippen MR) is 134 cm³/mol. The maximum absolute atomic E-state index is 13.2. The number of H-pyrrole nitrogens is 1. The van der Waals surface area contributed by atoms with Crippen LogP contribution in [-0.4, -0.2) is 43.2 Å². The van der Waals surface area contributed by atoms with E-state index in [1.54, 1.807) is 7.11 Å². The van der Waals surface area contributed by atoms with Crippen molar-refractivity contribution >= 4 is 10.9 Å². The smallest absolute Gasteiger partial charge is 0.252 e. The lowest BCUT2D eigenvalue weighted by molar-refractivity contribution is 0.0580. The molecule has 1 N–H and O–H groups in total. The number of nitrogens with zero attached hydrogens (tertiary/aromatic N) is 5. The van der Waals surface area contributed by atoms with Crippen LogP contribution in [-0.2, 0) is 12.1 Å². The Morgan fingerprint density at radius 1 is 1.18 bits per heavy atom. The number of pyridine rings is 1. The van der Waals surface area contributed by atoms with Gasteiger partial charge in [0.15, 0.2) is 5.82 Å². The van der Waals surface area contributed by atoms with Gasteiger partial charge in [0, 0.05) is 24.2 Å². The van der Waals surface area contributed by atoms with E-state index in [0.717, 1.165) is 40.9 Å². The number of methoxy groups -OCH3 is 1. The Hall–Kier alpha value is -2.74. The summed E-state index contributed by atoms with van der Waals surface area (Å²) in [6, 6.07) is 8.21. The van der Waals surface area contributed by atoms with Crippen molar-refractivity contribution in [1.29, 1.82) is 0 Å². The van der Waals surface area contributed by atoms with Crippen molar-refractivity contribution in [2.45, 2.75) is 90.9 Å². The summed E-state index contributed by atoms with van der Waals surface area (Å²) < 4.78 is 7.27. The van der Waals surface area contributed by atoms with Crippen LogP contribution in [0, 0.1) is 5.92 Å². The number of aromatic amines is 1. The summed E-state index contributed by atoms with van der Waals surface area (Å²) in [5, 5.41) is 13.9. The van der Waals surface area contributed by atoms with Gasteiger partial charge in [-0.05, 0) is 73.5 Å². The number of hydrogen-bond acceptors (Lipinski definition) is 6. The fraction of sp³-hybridized carbons (Fsp3) is 0.615. The molecule has 0 saturated heterocycles. The SMILES string of the molecule is COc1ccc2cc(CN(C3CCCCC3)C(c3nnnn3C(C)(C)C)C(C)C)c(=O)[nH]c2c1. The third kappa shape index (κ3) is 5.02. The summed E-state index contributed by atoms with van der Waals surface area (Å²) >= 11 is 0. The number of aromatic nitrogens is 5. The summed E-state index contributed by atoms with van der Waals surface area (Å²) in [7, 11) is 1.63. The zero-order valence-electron chi connectivity index (χ0n) is 21.3. The van der Waals surface area contributed by atoms with Gasteiger partial charge in [0.2, 0.25) is 0 Å². The van der Waals surface area contributed by atoms with E-state index in [4.69, 9.17) is 4.74 Å². The third-order valence-electron chi connectivity index (χ3n) is 6.91. The predicted octanol–water partition coefficient (Wildman–Crippen LogP) is 4.81. The number of fused-ring (bicyclic) bond motifs is 1. The molecule has 1 aliphatic rings. The minimum atomic E-state index is -0.232. The number of benzene rings is 1. The third-order valence-corrected chi connectivity index (χ3v) is 6.91. The minimum absolute atomic E-state index is 0.00305. The van der Waals surface area contributed by atoms with Crippen LogP contribution < -0.4 is 10.3 Å². The molecule has 0 radical (unpaired) electrons. The number of ether oxygens (including phenoxy) is 1. The Bertz CT molecular complexity index is 1170. The fourth-order valence-corrected chi connectivity index (χ4v) is 5.22. The van der Waals surface area contributed by atoms with Crippen LogP contribution in [0.4, 0.5) is 0 Å². The van der Waals surface area contributed by atoms with E-state index >= 15 is 0 Å². The highest BCUT2D eigenvalue weighted by Crippen LogP contribution is 2.36. The van der Waals surface area contributed by atoms with Gasteiger partial charge in [-0.2, -0.15) is 0 Å². The largest absolute Gasteiger partial charge is 0.497 e.